The Labute approximate surface area is 260 Å². The zero-order valence-corrected chi connectivity index (χ0v) is 26.1. The maximum Gasteiger partial charge on any atom is 0.303 e. The maximum absolute atomic E-state index is 14.5. The van der Waals surface area contributed by atoms with Gasteiger partial charge in [-0.2, -0.15) is 5.26 Å². The van der Waals surface area contributed by atoms with Gasteiger partial charge in [0, 0.05) is 51.3 Å². The van der Waals surface area contributed by atoms with E-state index in [4.69, 9.17) is 17.3 Å². The highest BCUT2D eigenvalue weighted by Gasteiger charge is 2.33. The van der Waals surface area contributed by atoms with E-state index in [9.17, 15) is 24.0 Å². The van der Waals surface area contributed by atoms with Crippen molar-refractivity contribution in [2.24, 2.45) is 0 Å². The molecule has 43 heavy (non-hydrogen) atoms. The van der Waals surface area contributed by atoms with Crippen molar-refractivity contribution in [1.82, 2.24) is 9.47 Å². The molecule has 1 N–H and O–H groups in total. The number of thioether (sulfide) groups is 1. The summed E-state index contributed by atoms with van der Waals surface area (Å²) in [7, 11) is 0. The van der Waals surface area contributed by atoms with Gasteiger partial charge in [-0.25, -0.2) is 4.39 Å². The fourth-order valence-corrected chi connectivity index (χ4v) is 6.71. The summed E-state index contributed by atoms with van der Waals surface area (Å²) in [6.07, 6.45) is 5.25. The minimum atomic E-state index is -0.842. The van der Waals surface area contributed by atoms with Crippen molar-refractivity contribution in [3.63, 3.8) is 0 Å². The van der Waals surface area contributed by atoms with E-state index in [1.165, 1.54) is 22.7 Å². The summed E-state index contributed by atoms with van der Waals surface area (Å²) >= 11 is 6.71. The van der Waals surface area contributed by atoms with E-state index < -0.39 is 5.97 Å². The molecule has 2 aromatic rings. The highest BCUT2D eigenvalue weighted by Crippen LogP contribution is 2.36. The normalized spacial score (nSPS) is 16.3. The number of nitriles is 1. The van der Waals surface area contributed by atoms with Gasteiger partial charge in [0.05, 0.1) is 10.6 Å². The van der Waals surface area contributed by atoms with E-state index in [0.29, 0.717) is 90.4 Å². The number of nitrogens with zero attached hydrogens (tertiary/aromatic N) is 5. The van der Waals surface area contributed by atoms with Gasteiger partial charge in [0.25, 0.3) is 11.5 Å². The molecule has 2 aliphatic rings. The van der Waals surface area contributed by atoms with E-state index in [0.717, 1.165) is 12.8 Å². The number of halogens is 1. The fourth-order valence-electron chi connectivity index (χ4n) is 5.42. The topological polar surface area (TPSA) is 110 Å². The molecule has 228 valence electrons. The smallest absolute Gasteiger partial charge is 0.303 e. The number of hydrogen-bond acceptors (Lipinski definition) is 8. The summed E-state index contributed by atoms with van der Waals surface area (Å²) in [5, 5.41) is 18.8. The van der Waals surface area contributed by atoms with Crippen molar-refractivity contribution in [3.05, 3.63) is 62.0 Å². The zero-order chi connectivity index (χ0) is 31.1. The molecule has 0 atom stereocenters. The van der Waals surface area contributed by atoms with E-state index >= 15 is 0 Å². The van der Waals surface area contributed by atoms with Gasteiger partial charge >= 0.3 is 5.97 Å². The molecular formula is C31H36FN5O4S2. The number of rotatable bonds is 12. The Bertz CT molecular complexity index is 1530. The van der Waals surface area contributed by atoms with Crippen LogP contribution in [0, 0.1) is 24.1 Å². The lowest BCUT2D eigenvalue weighted by Gasteiger charge is -2.39. The van der Waals surface area contributed by atoms with Gasteiger partial charge in [0.15, 0.2) is 0 Å². The summed E-state index contributed by atoms with van der Waals surface area (Å²) < 4.78 is 16.6. The van der Waals surface area contributed by atoms with Crippen LogP contribution < -0.4 is 15.4 Å². The number of thiocarbonyl (C=S) groups is 1. The molecule has 2 saturated heterocycles. The van der Waals surface area contributed by atoms with E-state index in [1.54, 1.807) is 29.7 Å². The van der Waals surface area contributed by atoms with Crippen LogP contribution in [0.2, 0.25) is 0 Å². The monoisotopic (exact) mass is 625 g/mol. The van der Waals surface area contributed by atoms with E-state index in [1.807, 2.05) is 17.9 Å². The largest absolute Gasteiger partial charge is 0.481 e. The summed E-state index contributed by atoms with van der Waals surface area (Å²) in [6, 6.07) is 8.76. The van der Waals surface area contributed by atoms with Crippen LogP contribution in [0.15, 0.2) is 34.0 Å². The average Bonchev–Trinajstić information content (AvgIpc) is 3.25. The Balaban J connectivity index is 1.68. The average molecular weight is 626 g/mol. The Morgan fingerprint density at radius 3 is 2.44 bits per heavy atom. The Hall–Kier alpha value is -3.69. The molecule has 9 nitrogen and oxygen atoms in total. The van der Waals surface area contributed by atoms with Crippen LogP contribution in [0.5, 0.6) is 0 Å². The molecule has 2 aliphatic heterocycles. The molecular weight excluding hydrogens is 590 g/mol. The van der Waals surface area contributed by atoms with E-state index in [-0.39, 0.29) is 29.3 Å². The van der Waals surface area contributed by atoms with Gasteiger partial charge in [0.2, 0.25) is 0 Å². The van der Waals surface area contributed by atoms with Crippen molar-refractivity contribution in [2.75, 3.05) is 42.5 Å². The van der Waals surface area contributed by atoms with Gasteiger partial charge in [-0.3, -0.25) is 23.9 Å². The molecule has 2 fully saturated rings. The first-order valence-electron chi connectivity index (χ1n) is 14.6. The number of carboxylic acids is 1. The Morgan fingerprint density at radius 2 is 1.79 bits per heavy atom. The van der Waals surface area contributed by atoms with Crippen LogP contribution in [0.4, 0.5) is 15.9 Å². The predicted octanol–water partition coefficient (Wildman–Crippen LogP) is 5.14. The number of carboxylic acid groups (broad SMARTS) is 1. The molecule has 1 aromatic carbocycles. The van der Waals surface area contributed by atoms with Crippen molar-refractivity contribution < 1.29 is 19.1 Å². The number of unbranched alkanes of at least 4 members (excludes halogenated alkanes) is 3. The second-order valence-electron chi connectivity index (χ2n) is 10.6. The quantitative estimate of drug-likeness (QED) is 0.195. The number of hydrogen-bond donors (Lipinski definition) is 1. The van der Waals surface area contributed by atoms with E-state index in [2.05, 4.69) is 11.0 Å². The number of amides is 1. The van der Waals surface area contributed by atoms with Crippen molar-refractivity contribution in [3.8, 4) is 6.07 Å². The summed E-state index contributed by atoms with van der Waals surface area (Å²) in [6.45, 7) is 6.68. The van der Waals surface area contributed by atoms with Crippen LogP contribution >= 0.6 is 24.0 Å². The number of carbonyl (C=O) groups is 2. The number of benzene rings is 1. The number of aliphatic carboxylic acids is 1. The molecule has 0 radical (unpaired) electrons. The lowest BCUT2D eigenvalue weighted by Crippen LogP contribution is -2.49. The molecule has 1 aromatic heterocycles. The fraction of sp³-hybridized carbons (Fsp3) is 0.452. The first-order valence-corrected chi connectivity index (χ1v) is 15.8. The second-order valence-corrected chi connectivity index (χ2v) is 12.3. The van der Waals surface area contributed by atoms with Crippen molar-refractivity contribution in [2.45, 2.75) is 58.9 Å². The lowest BCUT2D eigenvalue weighted by atomic mass is 10.0. The third-order valence-corrected chi connectivity index (χ3v) is 9.15. The summed E-state index contributed by atoms with van der Waals surface area (Å²) in [4.78, 5) is 43.9. The third kappa shape index (κ3) is 7.28. The van der Waals surface area contributed by atoms with Crippen LogP contribution in [-0.4, -0.2) is 63.5 Å². The standard InChI is InChI=1S/C31H36FN5O4S2/c1-3-4-13-36-28(35-17-15-34(16-18-35)25-11-8-7-10-24(25)32)22(21(2)23(20-33)29(36)40)19-26-30(41)37(31(42)43-26)14-9-5-6-12-27(38)39/h7-8,10-11,19H,3-6,9,12-18H2,1-2H3,(H,38,39)/b26-19-. The van der Waals surface area contributed by atoms with Gasteiger partial charge in [-0.05, 0) is 50.0 Å². The van der Waals surface area contributed by atoms with Crippen molar-refractivity contribution in [1.29, 1.82) is 5.26 Å². The van der Waals surface area contributed by atoms with Gasteiger partial charge in [-0.15, -0.1) is 0 Å². The Kier molecular flexibility index (Phi) is 11.0. The summed E-state index contributed by atoms with van der Waals surface area (Å²) in [5.41, 5.74) is 1.36. The third-order valence-electron chi connectivity index (χ3n) is 7.78. The number of anilines is 2. The number of para-hydroxylation sites is 1. The number of pyridine rings is 1. The maximum atomic E-state index is 14.5. The molecule has 0 saturated carbocycles. The minimum Gasteiger partial charge on any atom is -0.481 e. The first kappa shape index (κ1) is 32.2. The molecule has 0 bridgehead atoms. The van der Waals surface area contributed by atoms with Gasteiger partial charge in [0.1, 0.15) is 27.6 Å². The molecule has 0 spiro atoms. The summed E-state index contributed by atoms with van der Waals surface area (Å²) in [5.74, 6) is -0.713. The second kappa shape index (κ2) is 14.7. The molecule has 4 rings (SSSR count). The predicted molar refractivity (Wildman–Crippen MR) is 172 cm³/mol. The molecule has 0 aliphatic carbocycles. The van der Waals surface area contributed by atoms with Crippen LogP contribution in [0.3, 0.4) is 0 Å². The number of piperazine rings is 1. The van der Waals surface area contributed by atoms with Gasteiger partial charge in [-0.1, -0.05) is 55.9 Å². The SMILES string of the molecule is CCCCn1c(N2CCN(c3ccccc3F)CC2)c(/C=C2\SC(=S)N(CCCCCC(=O)O)C2=O)c(C)c(C#N)c1=O. The highest BCUT2D eigenvalue weighted by atomic mass is 32.2. The number of aromatic nitrogens is 1. The zero-order valence-electron chi connectivity index (χ0n) is 24.5. The first-order chi connectivity index (χ1) is 20.7. The minimum absolute atomic E-state index is 0.0463. The van der Waals surface area contributed by atoms with Crippen LogP contribution in [0.1, 0.15) is 62.1 Å². The van der Waals surface area contributed by atoms with Crippen LogP contribution in [-0.2, 0) is 16.1 Å². The lowest BCUT2D eigenvalue weighted by molar-refractivity contribution is -0.137. The van der Waals surface area contributed by atoms with Gasteiger partial charge < -0.3 is 14.9 Å². The van der Waals surface area contributed by atoms with Crippen molar-refractivity contribution >= 4 is 57.8 Å². The molecule has 3 heterocycles. The van der Waals surface area contributed by atoms with Crippen LogP contribution in [0.25, 0.3) is 6.08 Å². The molecule has 12 heteroatoms. The molecule has 1 amide bonds. The molecule has 0 unspecified atom stereocenters. The number of carbonyl (C=O) groups excluding carboxylic acids is 1. The highest BCUT2D eigenvalue weighted by molar-refractivity contribution is 8.26. The Morgan fingerprint density at radius 1 is 1.09 bits per heavy atom.